The maximum Gasteiger partial charge on any atom is 0.269 e. The van der Waals surface area contributed by atoms with Gasteiger partial charge < -0.3 is 10.2 Å². The van der Waals surface area contributed by atoms with Gasteiger partial charge in [-0.2, -0.15) is 0 Å². The van der Waals surface area contributed by atoms with Gasteiger partial charge in [0.25, 0.3) is 12.0 Å². The standard InChI is InChI=1S/C7H7F2NO3/c8-6(9)5-3(2-11)1-4(12)10-7(5)13/h1,6,11H,2H2,(H2,10,12,13). The predicted octanol–water partition coefficient (Wildman–Crippen LogP) is 0.510. The van der Waals surface area contributed by atoms with Gasteiger partial charge >= 0.3 is 0 Å². The first-order chi connectivity index (χ1) is 6.06. The van der Waals surface area contributed by atoms with Crippen LogP contribution in [0.5, 0.6) is 5.88 Å². The molecule has 0 radical (unpaired) electrons. The Hall–Kier alpha value is -1.43. The summed E-state index contributed by atoms with van der Waals surface area (Å²) >= 11 is 0. The van der Waals surface area contributed by atoms with Crippen LogP contribution in [-0.2, 0) is 6.61 Å². The van der Waals surface area contributed by atoms with E-state index in [1.807, 2.05) is 0 Å². The van der Waals surface area contributed by atoms with Gasteiger partial charge in [-0.15, -0.1) is 0 Å². The summed E-state index contributed by atoms with van der Waals surface area (Å²) < 4.78 is 24.4. The largest absolute Gasteiger partial charge is 0.494 e. The Balaban J connectivity index is 3.38. The number of aromatic amines is 1. The monoisotopic (exact) mass is 191 g/mol. The Morgan fingerprint density at radius 2 is 2.15 bits per heavy atom. The lowest BCUT2D eigenvalue weighted by atomic mass is 10.1. The predicted molar refractivity (Wildman–Crippen MR) is 39.6 cm³/mol. The van der Waals surface area contributed by atoms with Crippen molar-refractivity contribution in [3.05, 3.63) is 27.5 Å². The Bertz CT molecular complexity index is 361. The summed E-state index contributed by atoms with van der Waals surface area (Å²) in [6.45, 7) is -0.711. The third-order valence-corrected chi connectivity index (χ3v) is 1.54. The van der Waals surface area contributed by atoms with Crippen LogP contribution in [0, 0.1) is 0 Å². The average molecular weight is 191 g/mol. The van der Waals surface area contributed by atoms with Gasteiger partial charge in [0.1, 0.15) is 0 Å². The van der Waals surface area contributed by atoms with E-state index in [0.29, 0.717) is 0 Å². The summed E-state index contributed by atoms with van der Waals surface area (Å²) in [7, 11) is 0. The minimum atomic E-state index is -2.93. The van der Waals surface area contributed by atoms with E-state index in [2.05, 4.69) is 0 Å². The number of nitrogens with one attached hydrogen (secondary N) is 1. The van der Waals surface area contributed by atoms with Crippen LogP contribution in [0.4, 0.5) is 8.78 Å². The fourth-order valence-electron chi connectivity index (χ4n) is 0.983. The van der Waals surface area contributed by atoms with E-state index in [-0.39, 0.29) is 5.56 Å². The third-order valence-electron chi connectivity index (χ3n) is 1.54. The molecule has 0 unspecified atom stereocenters. The Kier molecular flexibility index (Phi) is 2.62. The van der Waals surface area contributed by atoms with Crippen molar-refractivity contribution in [1.29, 1.82) is 0 Å². The molecule has 0 saturated heterocycles. The second-order valence-electron chi connectivity index (χ2n) is 2.38. The van der Waals surface area contributed by atoms with Crippen LogP contribution < -0.4 is 5.56 Å². The normalized spacial score (nSPS) is 10.8. The molecule has 1 aromatic heterocycles. The lowest BCUT2D eigenvalue weighted by Gasteiger charge is -2.06. The number of aliphatic hydroxyl groups excluding tert-OH is 1. The van der Waals surface area contributed by atoms with Crippen LogP contribution in [0.25, 0.3) is 0 Å². The molecule has 1 rings (SSSR count). The zero-order valence-electron chi connectivity index (χ0n) is 6.42. The summed E-state index contributed by atoms with van der Waals surface area (Å²) in [5.74, 6) is -0.897. The van der Waals surface area contributed by atoms with Gasteiger partial charge in [0.15, 0.2) is 0 Å². The first-order valence-corrected chi connectivity index (χ1v) is 3.40. The van der Waals surface area contributed by atoms with E-state index in [1.54, 1.807) is 4.98 Å². The molecule has 72 valence electrons. The summed E-state index contributed by atoms with van der Waals surface area (Å²) in [5, 5.41) is 17.5. The maximum atomic E-state index is 12.2. The first kappa shape index (κ1) is 9.66. The maximum absolute atomic E-state index is 12.2. The smallest absolute Gasteiger partial charge is 0.269 e. The molecule has 1 aromatic rings. The molecule has 0 atom stereocenters. The fraction of sp³-hybridized carbons (Fsp3) is 0.286. The summed E-state index contributed by atoms with van der Waals surface area (Å²) in [6.07, 6.45) is -2.93. The summed E-state index contributed by atoms with van der Waals surface area (Å²) in [4.78, 5) is 12.5. The highest BCUT2D eigenvalue weighted by Crippen LogP contribution is 2.28. The molecule has 0 aliphatic rings. The van der Waals surface area contributed by atoms with Crippen molar-refractivity contribution in [2.45, 2.75) is 13.0 Å². The molecule has 0 bridgehead atoms. The van der Waals surface area contributed by atoms with Crippen molar-refractivity contribution >= 4 is 0 Å². The lowest BCUT2D eigenvalue weighted by Crippen LogP contribution is -2.09. The highest BCUT2D eigenvalue weighted by atomic mass is 19.3. The van der Waals surface area contributed by atoms with Crippen molar-refractivity contribution in [3.63, 3.8) is 0 Å². The van der Waals surface area contributed by atoms with E-state index in [4.69, 9.17) is 10.2 Å². The molecule has 0 fully saturated rings. The van der Waals surface area contributed by atoms with E-state index in [0.717, 1.165) is 6.07 Å². The number of rotatable bonds is 2. The second-order valence-corrected chi connectivity index (χ2v) is 2.38. The molecule has 0 spiro atoms. The van der Waals surface area contributed by atoms with E-state index < -0.39 is 30.0 Å². The van der Waals surface area contributed by atoms with Crippen molar-refractivity contribution in [2.75, 3.05) is 0 Å². The molecule has 0 aliphatic carbocycles. The summed E-state index contributed by atoms with van der Waals surface area (Å²) in [5.41, 5.74) is -1.73. The van der Waals surface area contributed by atoms with Gasteiger partial charge in [-0.25, -0.2) is 8.78 Å². The fourth-order valence-corrected chi connectivity index (χ4v) is 0.983. The first-order valence-electron chi connectivity index (χ1n) is 3.40. The number of hydrogen-bond acceptors (Lipinski definition) is 3. The molecular weight excluding hydrogens is 184 g/mol. The van der Waals surface area contributed by atoms with E-state index in [9.17, 15) is 13.6 Å². The molecule has 13 heavy (non-hydrogen) atoms. The van der Waals surface area contributed by atoms with Crippen molar-refractivity contribution in [1.82, 2.24) is 4.98 Å². The van der Waals surface area contributed by atoms with Crippen LogP contribution in [-0.4, -0.2) is 15.2 Å². The molecule has 4 nitrogen and oxygen atoms in total. The van der Waals surface area contributed by atoms with Crippen molar-refractivity contribution in [3.8, 4) is 5.88 Å². The number of aromatic hydroxyl groups is 1. The topological polar surface area (TPSA) is 73.3 Å². The number of alkyl halides is 2. The highest BCUT2D eigenvalue weighted by molar-refractivity contribution is 5.33. The zero-order valence-corrected chi connectivity index (χ0v) is 6.42. The van der Waals surface area contributed by atoms with Crippen molar-refractivity contribution < 1.29 is 19.0 Å². The molecule has 0 amide bonds. The summed E-state index contributed by atoms with van der Waals surface area (Å²) in [6, 6.07) is 0.821. The SMILES string of the molecule is O=c1cc(CO)c(C(F)F)c(O)[nH]1. The molecule has 6 heteroatoms. The van der Waals surface area contributed by atoms with E-state index in [1.165, 1.54) is 0 Å². The molecule has 0 saturated carbocycles. The highest BCUT2D eigenvalue weighted by Gasteiger charge is 2.18. The number of aromatic nitrogens is 1. The van der Waals surface area contributed by atoms with Gasteiger partial charge in [-0.3, -0.25) is 9.78 Å². The molecular formula is C7H7F2NO3. The van der Waals surface area contributed by atoms with Gasteiger partial charge in [-0.05, 0) is 5.56 Å². The minimum Gasteiger partial charge on any atom is -0.494 e. The van der Waals surface area contributed by atoms with Crippen LogP contribution in [0.15, 0.2) is 10.9 Å². The second kappa shape index (κ2) is 3.53. The van der Waals surface area contributed by atoms with Gasteiger partial charge in [0, 0.05) is 6.07 Å². The Morgan fingerprint density at radius 3 is 2.62 bits per heavy atom. The lowest BCUT2D eigenvalue weighted by molar-refractivity contribution is 0.142. The van der Waals surface area contributed by atoms with Gasteiger partial charge in [0.05, 0.1) is 12.2 Å². The number of halogens is 2. The quantitative estimate of drug-likeness (QED) is 0.637. The number of aliphatic hydroxyl groups is 1. The third kappa shape index (κ3) is 1.83. The number of hydrogen-bond donors (Lipinski definition) is 3. The molecule has 3 N–H and O–H groups in total. The molecule has 0 aliphatic heterocycles. The number of H-pyrrole nitrogens is 1. The number of pyridine rings is 1. The zero-order chi connectivity index (χ0) is 10.0. The average Bonchev–Trinajstić information content (AvgIpc) is 2.01. The van der Waals surface area contributed by atoms with Gasteiger partial charge in [0.2, 0.25) is 5.88 Å². The van der Waals surface area contributed by atoms with Gasteiger partial charge in [-0.1, -0.05) is 0 Å². The molecule has 0 aromatic carbocycles. The van der Waals surface area contributed by atoms with Crippen LogP contribution in [0.1, 0.15) is 17.6 Å². The van der Waals surface area contributed by atoms with Crippen molar-refractivity contribution in [2.24, 2.45) is 0 Å². The van der Waals surface area contributed by atoms with Crippen LogP contribution in [0.2, 0.25) is 0 Å². The van der Waals surface area contributed by atoms with Crippen LogP contribution in [0.3, 0.4) is 0 Å². The van der Waals surface area contributed by atoms with Crippen LogP contribution >= 0.6 is 0 Å². The van der Waals surface area contributed by atoms with E-state index >= 15 is 0 Å². The Labute approximate surface area is 71.5 Å². The minimum absolute atomic E-state index is 0.267. The Morgan fingerprint density at radius 1 is 1.54 bits per heavy atom. The molecule has 1 heterocycles.